The van der Waals surface area contributed by atoms with Gasteiger partial charge >= 0.3 is 0 Å². The quantitative estimate of drug-likeness (QED) is 0.677. The third kappa shape index (κ3) is 6.27. The molecule has 3 rings (SSSR count). The van der Waals surface area contributed by atoms with E-state index in [0.29, 0.717) is 17.0 Å². The minimum absolute atomic E-state index is 0.0600. The fourth-order valence-electron chi connectivity index (χ4n) is 3.57. The molecule has 31 heavy (non-hydrogen) atoms. The number of ether oxygens (including phenoxy) is 1. The number of nitrogens with one attached hydrogen (secondary N) is 2. The Kier molecular flexibility index (Phi) is 7.01. The van der Waals surface area contributed by atoms with Gasteiger partial charge in [-0.2, -0.15) is 0 Å². The second kappa shape index (κ2) is 9.36. The van der Waals surface area contributed by atoms with E-state index in [4.69, 9.17) is 4.74 Å². The van der Waals surface area contributed by atoms with Gasteiger partial charge in [-0.15, -0.1) is 0 Å². The topological polar surface area (TPSA) is 97.4 Å². The molecule has 0 bridgehead atoms. The van der Waals surface area contributed by atoms with Crippen LogP contribution in [-0.2, 0) is 16.6 Å². The molecule has 2 N–H and O–H groups in total. The SMILES string of the molecule is Cc1ccc(S(=O)(=O)NC(C)(C)C)cc1C(=O)NCc1cccnc1OC1CCCC1. The molecule has 1 aromatic heterocycles. The van der Waals surface area contributed by atoms with Crippen LogP contribution < -0.4 is 14.8 Å². The Labute approximate surface area is 184 Å². The van der Waals surface area contributed by atoms with Crippen molar-refractivity contribution in [2.45, 2.75) is 76.5 Å². The predicted octanol–water partition coefficient (Wildman–Crippen LogP) is 3.72. The zero-order valence-corrected chi connectivity index (χ0v) is 19.4. The first-order valence-corrected chi connectivity index (χ1v) is 12.1. The molecule has 0 unspecified atom stereocenters. The van der Waals surface area contributed by atoms with E-state index in [2.05, 4.69) is 15.0 Å². The first kappa shape index (κ1) is 23.2. The number of carbonyl (C=O) groups is 1. The number of hydrogen-bond donors (Lipinski definition) is 2. The highest BCUT2D eigenvalue weighted by Crippen LogP contribution is 2.25. The number of amides is 1. The molecule has 1 fully saturated rings. The Morgan fingerprint density at radius 2 is 1.90 bits per heavy atom. The molecule has 2 aromatic rings. The van der Waals surface area contributed by atoms with Crippen molar-refractivity contribution in [1.29, 1.82) is 0 Å². The highest BCUT2D eigenvalue weighted by molar-refractivity contribution is 7.89. The van der Waals surface area contributed by atoms with E-state index in [1.807, 2.05) is 6.07 Å². The lowest BCUT2D eigenvalue weighted by Crippen LogP contribution is -2.40. The molecule has 0 aliphatic heterocycles. The molecule has 7 nitrogen and oxygen atoms in total. The highest BCUT2D eigenvalue weighted by atomic mass is 32.2. The predicted molar refractivity (Wildman–Crippen MR) is 120 cm³/mol. The summed E-state index contributed by atoms with van der Waals surface area (Å²) in [4.78, 5) is 17.3. The molecule has 1 aliphatic rings. The van der Waals surface area contributed by atoms with Crippen molar-refractivity contribution in [2.75, 3.05) is 0 Å². The number of carbonyl (C=O) groups excluding carboxylic acids is 1. The van der Waals surface area contributed by atoms with Gasteiger partial charge < -0.3 is 10.1 Å². The Bertz CT molecular complexity index is 1040. The molecule has 1 aromatic carbocycles. The van der Waals surface area contributed by atoms with Crippen molar-refractivity contribution >= 4 is 15.9 Å². The Morgan fingerprint density at radius 3 is 2.58 bits per heavy atom. The average molecular weight is 446 g/mol. The van der Waals surface area contributed by atoms with Gasteiger partial charge in [-0.3, -0.25) is 4.79 Å². The summed E-state index contributed by atoms with van der Waals surface area (Å²) in [5.41, 5.74) is 1.18. The van der Waals surface area contributed by atoms with Crippen LogP contribution in [0.25, 0.3) is 0 Å². The Hall–Kier alpha value is -2.45. The molecule has 0 saturated heterocycles. The maximum atomic E-state index is 12.9. The number of hydrogen-bond acceptors (Lipinski definition) is 5. The number of benzene rings is 1. The molecule has 0 atom stereocenters. The lowest BCUT2D eigenvalue weighted by atomic mass is 10.1. The van der Waals surface area contributed by atoms with E-state index in [0.717, 1.165) is 31.2 Å². The first-order valence-electron chi connectivity index (χ1n) is 10.6. The number of aryl methyl sites for hydroxylation is 1. The van der Waals surface area contributed by atoms with E-state index in [9.17, 15) is 13.2 Å². The standard InChI is InChI=1S/C23H31N3O4S/c1-16-11-12-19(31(28,29)26-23(2,3)4)14-20(16)21(27)25-15-17-8-7-13-24-22(17)30-18-9-5-6-10-18/h7-8,11-14,18,26H,5-6,9-10,15H2,1-4H3,(H,25,27). The summed E-state index contributed by atoms with van der Waals surface area (Å²) in [5.74, 6) is 0.193. The maximum absolute atomic E-state index is 12.9. The first-order chi connectivity index (χ1) is 14.5. The summed E-state index contributed by atoms with van der Waals surface area (Å²) in [5, 5.41) is 2.87. The van der Waals surface area contributed by atoms with Gasteiger partial charge in [0.05, 0.1) is 4.90 Å². The smallest absolute Gasteiger partial charge is 0.251 e. The number of pyridine rings is 1. The van der Waals surface area contributed by atoms with E-state index < -0.39 is 15.6 Å². The summed E-state index contributed by atoms with van der Waals surface area (Å²) in [7, 11) is -3.74. The minimum atomic E-state index is -3.74. The number of rotatable bonds is 7. The van der Waals surface area contributed by atoms with Crippen molar-refractivity contribution in [3.63, 3.8) is 0 Å². The van der Waals surface area contributed by atoms with Crippen LogP contribution in [0.3, 0.4) is 0 Å². The van der Waals surface area contributed by atoms with E-state index in [1.165, 1.54) is 12.1 Å². The molecule has 1 saturated carbocycles. The highest BCUT2D eigenvalue weighted by Gasteiger charge is 2.24. The molecular weight excluding hydrogens is 414 g/mol. The number of nitrogens with zero attached hydrogens (tertiary/aromatic N) is 1. The van der Waals surface area contributed by atoms with Crippen LogP contribution in [-0.4, -0.2) is 31.0 Å². The molecule has 1 heterocycles. The van der Waals surface area contributed by atoms with E-state index in [-0.39, 0.29) is 23.5 Å². The van der Waals surface area contributed by atoms with Crippen molar-refractivity contribution in [2.24, 2.45) is 0 Å². The van der Waals surface area contributed by atoms with E-state index in [1.54, 1.807) is 46.0 Å². The molecular formula is C23H31N3O4S. The Morgan fingerprint density at radius 1 is 1.19 bits per heavy atom. The fraction of sp³-hybridized carbons (Fsp3) is 0.478. The zero-order valence-electron chi connectivity index (χ0n) is 18.6. The summed E-state index contributed by atoms with van der Waals surface area (Å²) >= 11 is 0. The van der Waals surface area contributed by atoms with Gasteiger partial charge in [0.2, 0.25) is 15.9 Å². The van der Waals surface area contributed by atoms with Gasteiger partial charge in [0.15, 0.2) is 0 Å². The average Bonchev–Trinajstić information content (AvgIpc) is 3.18. The summed E-state index contributed by atoms with van der Waals surface area (Å²) in [6.07, 6.45) is 6.20. The van der Waals surface area contributed by atoms with E-state index >= 15 is 0 Å². The molecule has 8 heteroatoms. The van der Waals surface area contributed by atoms with Gasteiger partial charge in [0.25, 0.3) is 5.91 Å². The molecule has 1 amide bonds. The van der Waals surface area contributed by atoms with Crippen molar-refractivity contribution in [1.82, 2.24) is 15.0 Å². The summed E-state index contributed by atoms with van der Waals surface area (Å²) in [6, 6.07) is 8.25. The molecule has 0 radical (unpaired) electrons. The van der Waals surface area contributed by atoms with Crippen LogP contribution in [0.5, 0.6) is 5.88 Å². The largest absolute Gasteiger partial charge is 0.474 e. The Balaban J connectivity index is 1.74. The number of sulfonamides is 1. The number of aromatic nitrogens is 1. The lowest BCUT2D eigenvalue weighted by Gasteiger charge is -2.21. The van der Waals surface area contributed by atoms with Crippen LogP contribution in [0.2, 0.25) is 0 Å². The van der Waals surface area contributed by atoms with Crippen molar-refractivity contribution in [3.05, 3.63) is 53.2 Å². The van der Waals surface area contributed by atoms with Gasteiger partial charge in [0, 0.05) is 29.4 Å². The molecule has 168 valence electrons. The monoisotopic (exact) mass is 445 g/mol. The normalized spacial score (nSPS) is 15.1. The molecule has 0 spiro atoms. The van der Waals surface area contributed by atoms with Crippen molar-refractivity contribution < 1.29 is 17.9 Å². The van der Waals surface area contributed by atoms with Gasteiger partial charge in [-0.05, 0) is 77.1 Å². The van der Waals surface area contributed by atoms with Crippen LogP contribution in [0.4, 0.5) is 0 Å². The second-order valence-corrected chi connectivity index (χ2v) is 10.7. The van der Waals surface area contributed by atoms with Crippen LogP contribution >= 0.6 is 0 Å². The minimum Gasteiger partial charge on any atom is -0.474 e. The third-order valence-corrected chi connectivity index (χ3v) is 6.83. The van der Waals surface area contributed by atoms with Crippen LogP contribution in [0.15, 0.2) is 41.4 Å². The van der Waals surface area contributed by atoms with Gasteiger partial charge in [-0.1, -0.05) is 12.1 Å². The lowest BCUT2D eigenvalue weighted by molar-refractivity contribution is 0.0949. The summed E-state index contributed by atoms with van der Waals surface area (Å²) in [6.45, 7) is 7.33. The maximum Gasteiger partial charge on any atom is 0.251 e. The second-order valence-electron chi connectivity index (χ2n) is 9.01. The summed E-state index contributed by atoms with van der Waals surface area (Å²) < 4.78 is 34.0. The van der Waals surface area contributed by atoms with Crippen molar-refractivity contribution in [3.8, 4) is 5.88 Å². The zero-order chi connectivity index (χ0) is 22.6. The third-order valence-electron chi connectivity index (χ3n) is 5.07. The van der Waals surface area contributed by atoms with Gasteiger partial charge in [0.1, 0.15) is 6.10 Å². The van der Waals surface area contributed by atoms with Gasteiger partial charge in [-0.25, -0.2) is 18.1 Å². The van der Waals surface area contributed by atoms with Crippen LogP contribution in [0, 0.1) is 6.92 Å². The van der Waals surface area contributed by atoms with Crippen LogP contribution in [0.1, 0.15) is 67.9 Å². The fourth-order valence-corrected chi connectivity index (χ4v) is 5.02. The molecule has 1 aliphatic carbocycles.